The maximum atomic E-state index is 2.31. The van der Waals surface area contributed by atoms with Gasteiger partial charge in [0.25, 0.3) is 0 Å². The molecule has 101 heavy (non-hydrogen) atoms. The molecule has 0 bridgehead atoms. The van der Waals surface area contributed by atoms with Crippen LogP contribution < -0.4 is 0 Å². The van der Waals surface area contributed by atoms with Crippen LogP contribution in [0.2, 0.25) is 0 Å². The van der Waals surface area contributed by atoms with Crippen LogP contribution in [0, 0.1) is 34.6 Å². The van der Waals surface area contributed by atoms with Crippen LogP contribution in [-0.4, -0.2) is 0 Å². The zero-order valence-electron chi connectivity index (χ0n) is 62.0. The van der Waals surface area contributed by atoms with Gasteiger partial charge in [0.1, 0.15) is 0 Å². The average molecular weight is 1310 g/mol. The molecule has 14 aromatic carbocycles. The smallest absolute Gasteiger partial charge is 0.00992 e. The third-order valence-electron chi connectivity index (χ3n) is 18.4. The van der Waals surface area contributed by atoms with Crippen LogP contribution in [0.1, 0.15) is 107 Å². The first-order chi connectivity index (χ1) is 48.5. The molecule has 0 unspecified atom stereocenters. The number of aryl methyl sites for hydroxylation is 5. The third-order valence-corrected chi connectivity index (χ3v) is 18.4. The molecule has 0 saturated heterocycles. The van der Waals surface area contributed by atoms with Crippen LogP contribution in [0.15, 0.2) is 352 Å². The van der Waals surface area contributed by atoms with E-state index in [0.717, 1.165) is 0 Å². The summed E-state index contributed by atoms with van der Waals surface area (Å²) in [7, 11) is 0. The van der Waals surface area contributed by atoms with E-state index in [1.54, 1.807) is 0 Å². The third kappa shape index (κ3) is 20.8. The van der Waals surface area contributed by atoms with E-state index in [9.17, 15) is 0 Å². The number of hydrogen-bond acceptors (Lipinski definition) is 0. The van der Waals surface area contributed by atoms with Crippen LogP contribution in [0.4, 0.5) is 0 Å². The zero-order valence-corrected chi connectivity index (χ0v) is 62.0. The number of benzene rings is 14. The lowest BCUT2D eigenvalue weighted by molar-refractivity contribution is 0.590. The van der Waals surface area contributed by atoms with Crippen LogP contribution in [0.5, 0.6) is 0 Å². The van der Waals surface area contributed by atoms with Crippen molar-refractivity contribution in [1.82, 2.24) is 0 Å². The summed E-state index contributed by atoms with van der Waals surface area (Å²) in [6.45, 7) is 30.8. The molecule has 0 saturated carbocycles. The fourth-order valence-electron chi connectivity index (χ4n) is 12.2. The Morgan fingerprint density at radius 3 is 0.644 bits per heavy atom. The Balaban J connectivity index is 0.000000138. The molecule has 0 aromatic heterocycles. The van der Waals surface area contributed by atoms with Gasteiger partial charge in [-0.1, -0.05) is 418 Å². The van der Waals surface area contributed by atoms with Gasteiger partial charge in [-0.15, -0.1) is 0 Å². The fourth-order valence-corrected chi connectivity index (χ4v) is 12.2. The Morgan fingerprint density at radius 2 is 0.356 bits per heavy atom. The Hall–Kier alpha value is -10.9. The highest BCUT2D eigenvalue weighted by Gasteiger charge is 2.17. The average Bonchev–Trinajstić information content (AvgIpc) is 0.797. The molecule has 14 aromatic rings. The zero-order chi connectivity index (χ0) is 71.5. The van der Waals surface area contributed by atoms with Crippen LogP contribution in [0.25, 0.3) is 100 Å². The molecule has 0 radical (unpaired) electrons. The van der Waals surface area contributed by atoms with Crippen LogP contribution in [-0.2, 0) is 16.2 Å². The molecule has 0 heterocycles. The minimum atomic E-state index is 0.227. The summed E-state index contributed by atoms with van der Waals surface area (Å²) in [4.78, 5) is 0. The first-order valence-corrected chi connectivity index (χ1v) is 35.7. The summed E-state index contributed by atoms with van der Waals surface area (Å²) >= 11 is 0. The molecule has 14 rings (SSSR count). The molecule has 0 aliphatic carbocycles. The first kappa shape index (κ1) is 72.8. The summed E-state index contributed by atoms with van der Waals surface area (Å²) in [6, 6.07) is 126. The van der Waals surface area contributed by atoms with Gasteiger partial charge in [0.2, 0.25) is 0 Å². The first-order valence-electron chi connectivity index (χ1n) is 35.7. The van der Waals surface area contributed by atoms with Crippen molar-refractivity contribution < 1.29 is 0 Å². The topological polar surface area (TPSA) is 0 Å². The molecule has 0 nitrogen and oxygen atoms in total. The van der Waals surface area contributed by atoms with Crippen molar-refractivity contribution in [3.05, 3.63) is 396 Å². The Kier molecular flexibility index (Phi) is 24.3. The van der Waals surface area contributed by atoms with E-state index in [0.29, 0.717) is 0 Å². The van der Waals surface area contributed by atoms with Crippen molar-refractivity contribution >= 4 is 0 Å². The number of rotatable bonds is 9. The Labute approximate surface area is 605 Å². The van der Waals surface area contributed by atoms with Crippen molar-refractivity contribution in [2.45, 2.75) is 113 Å². The number of hydrogen-bond donors (Lipinski definition) is 0. The highest BCUT2D eigenvalue weighted by atomic mass is 14.2. The maximum absolute atomic E-state index is 2.31. The van der Waals surface area contributed by atoms with Gasteiger partial charge in [-0.05, 0) is 192 Å². The molecule has 0 aliphatic rings. The highest BCUT2D eigenvalue weighted by molar-refractivity contribution is 5.87. The quantitative estimate of drug-likeness (QED) is 0.135. The van der Waals surface area contributed by atoms with Crippen molar-refractivity contribution in [2.75, 3.05) is 0 Å². The molecule has 0 fully saturated rings. The predicted molar refractivity (Wildman–Crippen MR) is 441 cm³/mol. The van der Waals surface area contributed by atoms with Gasteiger partial charge in [-0.3, -0.25) is 0 Å². The lowest BCUT2D eigenvalue weighted by Crippen LogP contribution is -2.10. The monoisotopic (exact) mass is 1310 g/mol. The van der Waals surface area contributed by atoms with Gasteiger partial charge in [-0.25, -0.2) is 0 Å². The molecule has 0 aliphatic heterocycles. The fraction of sp³-hybridized carbons (Fsp3) is 0.168. The van der Waals surface area contributed by atoms with Crippen LogP contribution in [0.3, 0.4) is 0 Å². The summed E-state index contributed by atoms with van der Waals surface area (Å²) in [6.07, 6.45) is 0. The van der Waals surface area contributed by atoms with E-state index in [-0.39, 0.29) is 16.2 Å². The van der Waals surface area contributed by atoms with E-state index < -0.39 is 0 Å². The molecule has 0 amide bonds. The Morgan fingerprint density at radius 1 is 0.139 bits per heavy atom. The minimum absolute atomic E-state index is 0.227. The molecule has 0 spiro atoms. The minimum Gasteiger partial charge on any atom is -0.0622 e. The van der Waals surface area contributed by atoms with Gasteiger partial charge in [0.05, 0.1) is 0 Å². The Bertz CT molecular complexity index is 4690. The summed E-state index contributed by atoms with van der Waals surface area (Å²) < 4.78 is 0. The van der Waals surface area contributed by atoms with Crippen LogP contribution >= 0.6 is 0 Å². The second-order valence-corrected chi connectivity index (χ2v) is 29.8. The molecule has 504 valence electrons. The van der Waals surface area contributed by atoms with E-state index >= 15 is 0 Å². The second-order valence-electron chi connectivity index (χ2n) is 29.8. The highest BCUT2D eigenvalue weighted by Crippen LogP contribution is 2.38. The van der Waals surface area contributed by atoms with E-state index in [2.05, 4.69) is 449 Å². The van der Waals surface area contributed by atoms with Gasteiger partial charge in [0.15, 0.2) is 0 Å². The largest absolute Gasteiger partial charge is 0.0622 e. The lowest BCUT2D eigenvalue weighted by atomic mass is 9.86. The van der Waals surface area contributed by atoms with E-state index in [1.165, 1.54) is 145 Å². The van der Waals surface area contributed by atoms with Crippen molar-refractivity contribution in [3.8, 4) is 100 Å². The lowest BCUT2D eigenvalue weighted by Gasteiger charge is -2.19. The summed E-state index contributed by atoms with van der Waals surface area (Å²) in [5, 5.41) is 0. The second kappa shape index (κ2) is 33.8. The standard InChI is InChI=1S/2C25H20.3C17H20/c1-19-12-14-22(15-13-19)25-17-23(20-8-4-2-5-9-20)16-24(18-25)21-10-6-3-7-11-21;1-19-12-14-20(15-13-19)23-16-17-24(21-8-4-2-5-9-21)25(18-23)22-10-6-3-7-11-22;1-13-5-7-14(8-6-13)15-9-11-16(12-10-15)17(2,3)4;2*1-13-6-5-7-15(12-13)14-8-10-16(11-9-14)17(2,3)4/h2*2-18H,1H3;3*5-12H,1-4H3. The van der Waals surface area contributed by atoms with Crippen molar-refractivity contribution in [2.24, 2.45) is 0 Å². The molecule has 0 N–H and O–H groups in total. The SMILES string of the molecule is Cc1ccc(-c2cc(-c3ccccc3)cc(-c3ccccc3)c2)cc1.Cc1ccc(-c2ccc(-c3ccccc3)c(-c3ccccc3)c2)cc1.Cc1ccc(-c2ccc(C(C)(C)C)cc2)cc1.Cc1cccc(-c2ccc(C(C)(C)C)cc2)c1.Cc1cccc(-c2ccc(C(C)(C)C)cc2)c1. The molecular formula is C101H100. The summed E-state index contributed by atoms with van der Waals surface area (Å²) in [5.74, 6) is 0. The maximum Gasteiger partial charge on any atom is -0.00992 e. The van der Waals surface area contributed by atoms with E-state index in [4.69, 9.17) is 0 Å². The molecular weight excluding hydrogens is 1210 g/mol. The normalized spacial score (nSPS) is 11.1. The molecule has 0 atom stereocenters. The van der Waals surface area contributed by atoms with E-state index in [1.807, 2.05) is 0 Å². The van der Waals surface area contributed by atoms with Gasteiger partial charge < -0.3 is 0 Å². The predicted octanol–water partition coefficient (Wildman–Crippen LogP) is 28.9. The molecule has 0 heteroatoms. The van der Waals surface area contributed by atoms with Crippen molar-refractivity contribution in [1.29, 1.82) is 0 Å². The van der Waals surface area contributed by atoms with Gasteiger partial charge in [0, 0.05) is 0 Å². The summed E-state index contributed by atoms with van der Waals surface area (Å²) in [5.41, 5.74) is 34.1. The van der Waals surface area contributed by atoms with Gasteiger partial charge >= 0.3 is 0 Å². The van der Waals surface area contributed by atoms with Crippen molar-refractivity contribution in [3.63, 3.8) is 0 Å². The van der Waals surface area contributed by atoms with Gasteiger partial charge in [-0.2, -0.15) is 0 Å².